The number of aromatic nitrogens is 1. The number of methoxy groups -OCH3 is 1. The molecular formula is C14H18ClNO3. The van der Waals surface area contributed by atoms with Gasteiger partial charge in [0.2, 0.25) is 0 Å². The van der Waals surface area contributed by atoms with E-state index < -0.39 is 0 Å². The van der Waals surface area contributed by atoms with Crippen molar-refractivity contribution in [1.29, 1.82) is 0 Å². The molecule has 2 rings (SSSR count). The minimum absolute atomic E-state index is 0.0235. The van der Waals surface area contributed by atoms with Gasteiger partial charge in [-0.25, -0.2) is 0 Å². The molecule has 0 atom stereocenters. The average Bonchev–Trinajstić information content (AvgIpc) is 2.76. The van der Waals surface area contributed by atoms with Gasteiger partial charge >= 0.3 is 0 Å². The molecule has 0 unspecified atom stereocenters. The van der Waals surface area contributed by atoms with Crippen LogP contribution in [0.15, 0.2) is 24.4 Å². The van der Waals surface area contributed by atoms with Gasteiger partial charge in [-0.3, -0.25) is 0 Å². The number of nitrogens with zero attached hydrogens (tertiary/aromatic N) is 1. The van der Waals surface area contributed by atoms with Gasteiger partial charge in [0.1, 0.15) is 0 Å². The molecule has 0 radical (unpaired) electrons. The highest BCUT2D eigenvalue weighted by molar-refractivity contribution is 6.31. The maximum Gasteiger partial charge on any atom is 0.0702 e. The van der Waals surface area contributed by atoms with Crippen molar-refractivity contribution < 1.29 is 14.6 Å². The summed E-state index contributed by atoms with van der Waals surface area (Å²) in [6.45, 7) is 2.53. The minimum Gasteiger partial charge on any atom is -0.392 e. The molecule has 1 N–H and O–H groups in total. The zero-order valence-corrected chi connectivity index (χ0v) is 11.7. The molecule has 0 fully saturated rings. The van der Waals surface area contributed by atoms with E-state index in [0.717, 1.165) is 23.0 Å². The Kier molecular flexibility index (Phi) is 5.22. The fourth-order valence-electron chi connectivity index (χ4n) is 2.06. The van der Waals surface area contributed by atoms with E-state index in [4.69, 9.17) is 21.1 Å². The Bertz CT molecular complexity index is 539. The van der Waals surface area contributed by atoms with Crippen LogP contribution in [0.4, 0.5) is 0 Å². The second-order valence-electron chi connectivity index (χ2n) is 4.27. The second-order valence-corrected chi connectivity index (χ2v) is 4.71. The van der Waals surface area contributed by atoms with Crippen molar-refractivity contribution in [2.45, 2.75) is 13.2 Å². The highest BCUT2D eigenvalue weighted by atomic mass is 35.5. The maximum atomic E-state index is 9.37. The van der Waals surface area contributed by atoms with Crippen molar-refractivity contribution in [1.82, 2.24) is 4.57 Å². The summed E-state index contributed by atoms with van der Waals surface area (Å²) >= 11 is 6.02. The summed E-state index contributed by atoms with van der Waals surface area (Å²) in [6, 6.07) is 5.68. The molecule has 0 spiro atoms. The summed E-state index contributed by atoms with van der Waals surface area (Å²) in [5.41, 5.74) is 1.93. The van der Waals surface area contributed by atoms with Crippen LogP contribution in [0.2, 0.25) is 5.02 Å². The van der Waals surface area contributed by atoms with Crippen molar-refractivity contribution in [3.05, 3.63) is 35.0 Å². The molecule has 4 nitrogen and oxygen atoms in total. The molecule has 0 saturated heterocycles. The van der Waals surface area contributed by atoms with Crippen LogP contribution in [-0.2, 0) is 22.6 Å². The first-order chi connectivity index (χ1) is 9.26. The minimum atomic E-state index is 0.0235. The normalized spacial score (nSPS) is 11.3. The van der Waals surface area contributed by atoms with Crippen LogP contribution < -0.4 is 0 Å². The van der Waals surface area contributed by atoms with Crippen LogP contribution in [0, 0.1) is 0 Å². The number of fused-ring (bicyclic) bond motifs is 1. The monoisotopic (exact) mass is 283 g/mol. The number of hydrogen-bond donors (Lipinski definition) is 1. The van der Waals surface area contributed by atoms with Gasteiger partial charge in [-0.1, -0.05) is 17.7 Å². The van der Waals surface area contributed by atoms with Crippen LogP contribution in [-0.4, -0.2) is 36.6 Å². The Morgan fingerprint density at radius 3 is 2.84 bits per heavy atom. The smallest absolute Gasteiger partial charge is 0.0702 e. The summed E-state index contributed by atoms with van der Waals surface area (Å²) in [7, 11) is 1.65. The molecule has 0 amide bonds. The number of ether oxygens (including phenoxy) is 2. The predicted molar refractivity (Wildman–Crippen MR) is 75.6 cm³/mol. The van der Waals surface area contributed by atoms with E-state index in [2.05, 4.69) is 4.57 Å². The Morgan fingerprint density at radius 1 is 1.26 bits per heavy atom. The molecule has 0 saturated carbocycles. The SMILES string of the molecule is COCCOCCn1cc(CO)c2ccc(Cl)cc21. The number of aliphatic hydroxyl groups is 1. The van der Waals surface area contributed by atoms with Gasteiger partial charge in [0.15, 0.2) is 0 Å². The highest BCUT2D eigenvalue weighted by Crippen LogP contribution is 2.24. The molecule has 0 aliphatic carbocycles. The van der Waals surface area contributed by atoms with E-state index in [0.29, 0.717) is 24.8 Å². The van der Waals surface area contributed by atoms with Crippen molar-refractivity contribution in [2.75, 3.05) is 26.9 Å². The quantitative estimate of drug-likeness (QED) is 0.794. The summed E-state index contributed by atoms with van der Waals surface area (Å²) in [5, 5.41) is 11.1. The fourth-order valence-corrected chi connectivity index (χ4v) is 2.23. The lowest BCUT2D eigenvalue weighted by Gasteiger charge is -2.06. The molecule has 19 heavy (non-hydrogen) atoms. The number of hydrogen-bond acceptors (Lipinski definition) is 3. The van der Waals surface area contributed by atoms with Crippen LogP contribution in [0.5, 0.6) is 0 Å². The standard InChI is InChI=1S/C14H18ClNO3/c1-18-6-7-19-5-4-16-9-11(10-17)13-3-2-12(15)8-14(13)16/h2-3,8-9,17H,4-7,10H2,1H3. The molecule has 0 aliphatic heterocycles. The van der Waals surface area contributed by atoms with Gasteiger partial charge in [-0.2, -0.15) is 0 Å². The fraction of sp³-hybridized carbons (Fsp3) is 0.429. The molecule has 2 aromatic rings. The maximum absolute atomic E-state index is 9.37. The van der Waals surface area contributed by atoms with E-state index in [9.17, 15) is 5.11 Å². The summed E-state index contributed by atoms with van der Waals surface area (Å²) in [5.74, 6) is 0. The van der Waals surface area contributed by atoms with Gasteiger partial charge in [0.05, 0.1) is 26.4 Å². The van der Waals surface area contributed by atoms with Crippen LogP contribution in [0.1, 0.15) is 5.56 Å². The predicted octanol–water partition coefficient (Wildman–Crippen LogP) is 2.45. The largest absolute Gasteiger partial charge is 0.392 e. The Balaban J connectivity index is 2.11. The molecule has 0 bridgehead atoms. The lowest BCUT2D eigenvalue weighted by molar-refractivity contribution is 0.0670. The van der Waals surface area contributed by atoms with E-state index in [-0.39, 0.29) is 6.61 Å². The van der Waals surface area contributed by atoms with Crippen LogP contribution >= 0.6 is 11.6 Å². The average molecular weight is 284 g/mol. The zero-order chi connectivity index (χ0) is 13.7. The van der Waals surface area contributed by atoms with Crippen LogP contribution in [0.25, 0.3) is 10.9 Å². The third-order valence-corrected chi connectivity index (χ3v) is 3.24. The molecule has 1 aromatic heterocycles. The lowest BCUT2D eigenvalue weighted by Crippen LogP contribution is -2.08. The molecule has 5 heteroatoms. The van der Waals surface area contributed by atoms with Crippen molar-refractivity contribution >= 4 is 22.5 Å². The zero-order valence-electron chi connectivity index (χ0n) is 10.9. The van der Waals surface area contributed by atoms with E-state index in [1.165, 1.54) is 0 Å². The topological polar surface area (TPSA) is 43.6 Å². The number of benzene rings is 1. The lowest BCUT2D eigenvalue weighted by atomic mass is 10.2. The van der Waals surface area contributed by atoms with Gasteiger partial charge in [0, 0.05) is 41.3 Å². The molecule has 1 heterocycles. The van der Waals surface area contributed by atoms with Gasteiger partial charge in [-0.15, -0.1) is 0 Å². The van der Waals surface area contributed by atoms with Crippen molar-refractivity contribution in [2.24, 2.45) is 0 Å². The first-order valence-electron chi connectivity index (χ1n) is 6.21. The number of halogens is 1. The number of rotatable bonds is 7. The van der Waals surface area contributed by atoms with Crippen molar-refractivity contribution in [3.8, 4) is 0 Å². The summed E-state index contributed by atoms with van der Waals surface area (Å²) < 4.78 is 12.4. The van der Waals surface area contributed by atoms with Crippen LogP contribution in [0.3, 0.4) is 0 Å². The summed E-state index contributed by atoms with van der Waals surface area (Å²) in [6.07, 6.45) is 1.95. The molecule has 104 valence electrons. The Hall–Kier alpha value is -1.07. The van der Waals surface area contributed by atoms with Gasteiger partial charge in [-0.05, 0) is 12.1 Å². The van der Waals surface area contributed by atoms with Gasteiger partial charge in [0.25, 0.3) is 0 Å². The molecular weight excluding hydrogens is 266 g/mol. The first kappa shape index (κ1) is 14.3. The van der Waals surface area contributed by atoms with E-state index in [1.807, 2.05) is 24.4 Å². The van der Waals surface area contributed by atoms with Crippen molar-refractivity contribution in [3.63, 3.8) is 0 Å². The Labute approximate surface area is 117 Å². The Morgan fingerprint density at radius 2 is 2.11 bits per heavy atom. The molecule has 1 aromatic carbocycles. The third kappa shape index (κ3) is 3.48. The van der Waals surface area contributed by atoms with Gasteiger partial charge < -0.3 is 19.1 Å². The first-order valence-corrected chi connectivity index (χ1v) is 6.59. The second kappa shape index (κ2) is 6.91. The number of aliphatic hydroxyl groups excluding tert-OH is 1. The third-order valence-electron chi connectivity index (χ3n) is 3.01. The summed E-state index contributed by atoms with van der Waals surface area (Å²) in [4.78, 5) is 0. The highest BCUT2D eigenvalue weighted by Gasteiger charge is 2.08. The van der Waals surface area contributed by atoms with E-state index in [1.54, 1.807) is 7.11 Å². The molecule has 0 aliphatic rings. The van der Waals surface area contributed by atoms with E-state index >= 15 is 0 Å².